The number of carbonyl (C=O) groups is 1. The fraction of sp³-hybridized carbons (Fsp3) is 0.364. The third-order valence-corrected chi connectivity index (χ3v) is 2.24. The van der Waals surface area contributed by atoms with Crippen LogP contribution in [-0.4, -0.2) is 23.3 Å². The Hall–Kier alpha value is -1.55. The molecule has 4 nitrogen and oxygen atoms in total. The molecule has 0 saturated carbocycles. The number of ether oxygens (including phenoxy) is 1. The second kappa shape index (κ2) is 4.79. The average Bonchev–Trinajstić information content (AvgIpc) is 2.26. The standard InChI is InChI=1S/C11H14O4/c1-3-7-6-8(10(12)11(13)14)4-5-9(7)15-2/h4-6,10,12H,3H2,1-2H3,(H,13,14). The number of rotatable bonds is 4. The van der Waals surface area contributed by atoms with Crippen molar-refractivity contribution in [2.75, 3.05) is 7.11 Å². The van der Waals surface area contributed by atoms with E-state index in [1.807, 2.05) is 6.92 Å². The van der Waals surface area contributed by atoms with E-state index in [4.69, 9.17) is 9.84 Å². The normalized spacial score (nSPS) is 12.2. The Balaban J connectivity index is 3.07. The summed E-state index contributed by atoms with van der Waals surface area (Å²) in [6.45, 7) is 1.94. The molecule has 0 aliphatic carbocycles. The van der Waals surface area contributed by atoms with Crippen LogP contribution in [0.3, 0.4) is 0 Å². The van der Waals surface area contributed by atoms with E-state index in [9.17, 15) is 9.90 Å². The van der Waals surface area contributed by atoms with Crippen molar-refractivity contribution < 1.29 is 19.7 Å². The fourth-order valence-corrected chi connectivity index (χ4v) is 1.39. The fourth-order valence-electron chi connectivity index (χ4n) is 1.39. The number of carboxylic acids is 1. The number of aryl methyl sites for hydroxylation is 1. The molecule has 0 bridgehead atoms. The number of aliphatic hydroxyl groups is 1. The third kappa shape index (κ3) is 2.47. The van der Waals surface area contributed by atoms with E-state index in [-0.39, 0.29) is 0 Å². The van der Waals surface area contributed by atoms with Gasteiger partial charge in [-0.1, -0.05) is 13.0 Å². The molecule has 0 aliphatic heterocycles. The summed E-state index contributed by atoms with van der Waals surface area (Å²) < 4.78 is 5.10. The lowest BCUT2D eigenvalue weighted by Gasteiger charge is -2.11. The minimum atomic E-state index is -1.47. The summed E-state index contributed by atoms with van der Waals surface area (Å²) >= 11 is 0. The van der Waals surface area contributed by atoms with Crippen molar-refractivity contribution in [2.45, 2.75) is 19.4 Å². The first kappa shape index (κ1) is 11.5. The second-order valence-corrected chi connectivity index (χ2v) is 3.17. The Morgan fingerprint density at radius 1 is 1.53 bits per heavy atom. The maximum Gasteiger partial charge on any atom is 0.337 e. The zero-order valence-corrected chi connectivity index (χ0v) is 8.73. The number of aliphatic carboxylic acids is 1. The molecule has 15 heavy (non-hydrogen) atoms. The van der Waals surface area contributed by atoms with Crippen molar-refractivity contribution in [3.05, 3.63) is 29.3 Å². The minimum Gasteiger partial charge on any atom is -0.496 e. The van der Waals surface area contributed by atoms with Crippen molar-refractivity contribution in [3.63, 3.8) is 0 Å². The van der Waals surface area contributed by atoms with Crippen LogP contribution >= 0.6 is 0 Å². The number of carboxylic acid groups (broad SMARTS) is 1. The first-order valence-electron chi connectivity index (χ1n) is 4.67. The lowest BCUT2D eigenvalue weighted by molar-refractivity contribution is -0.146. The molecule has 1 unspecified atom stereocenters. The van der Waals surface area contributed by atoms with Crippen LogP contribution < -0.4 is 4.74 Å². The maximum atomic E-state index is 10.6. The van der Waals surface area contributed by atoms with Gasteiger partial charge in [-0.25, -0.2) is 4.79 Å². The van der Waals surface area contributed by atoms with Crippen molar-refractivity contribution in [1.82, 2.24) is 0 Å². The average molecular weight is 210 g/mol. The van der Waals surface area contributed by atoms with Gasteiger partial charge in [0.1, 0.15) is 5.75 Å². The van der Waals surface area contributed by atoms with Gasteiger partial charge in [0, 0.05) is 0 Å². The number of hydrogen-bond donors (Lipinski definition) is 2. The van der Waals surface area contributed by atoms with Crippen LogP contribution in [0, 0.1) is 0 Å². The first-order valence-corrected chi connectivity index (χ1v) is 4.67. The highest BCUT2D eigenvalue weighted by Gasteiger charge is 2.16. The van der Waals surface area contributed by atoms with Gasteiger partial charge in [0.15, 0.2) is 6.10 Å². The molecular formula is C11H14O4. The zero-order valence-electron chi connectivity index (χ0n) is 8.73. The van der Waals surface area contributed by atoms with Gasteiger partial charge < -0.3 is 14.9 Å². The predicted octanol–water partition coefficient (Wildman–Crippen LogP) is 1.38. The van der Waals surface area contributed by atoms with Crippen LogP contribution in [0.15, 0.2) is 18.2 Å². The molecule has 0 heterocycles. The van der Waals surface area contributed by atoms with Gasteiger partial charge in [-0.05, 0) is 29.7 Å². The van der Waals surface area contributed by atoms with E-state index in [0.717, 1.165) is 12.0 Å². The Bertz CT molecular complexity index is 360. The molecule has 1 aromatic rings. The summed E-state index contributed by atoms with van der Waals surface area (Å²) in [6, 6.07) is 4.87. The monoisotopic (exact) mass is 210 g/mol. The lowest BCUT2D eigenvalue weighted by Crippen LogP contribution is -2.10. The topological polar surface area (TPSA) is 66.8 Å². The molecule has 0 spiro atoms. The SMILES string of the molecule is CCc1cc(C(O)C(=O)O)ccc1OC. The van der Waals surface area contributed by atoms with Crippen LogP contribution in [0.25, 0.3) is 0 Å². The van der Waals surface area contributed by atoms with Crippen molar-refractivity contribution in [2.24, 2.45) is 0 Å². The maximum absolute atomic E-state index is 10.6. The number of hydrogen-bond acceptors (Lipinski definition) is 3. The van der Waals surface area contributed by atoms with Gasteiger partial charge >= 0.3 is 5.97 Å². The van der Waals surface area contributed by atoms with Crippen molar-refractivity contribution in [3.8, 4) is 5.75 Å². The largest absolute Gasteiger partial charge is 0.496 e. The Morgan fingerprint density at radius 2 is 2.20 bits per heavy atom. The van der Waals surface area contributed by atoms with Crippen LogP contribution in [0.5, 0.6) is 5.75 Å². The van der Waals surface area contributed by atoms with E-state index >= 15 is 0 Å². The van der Waals surface area contributed by atoms with Gasteiger partial charge in [0.05, 0.1) is 7.11 Å². The summed E-state index contributed by atoms with van der Waals surface area (Å²) in [6.07, 6.45) is -0.746. The van der Waals surface area contributed by atoms with Crippen LogP contribution in [-0.2, 0) is 11.2 Å². The van der Waals surface area contributed by atoms with Gasteiger partial charge in [0.2, 0.25) is 0 Å². The third-order valence-electron chi connectivity index (χ3n) is 2.24. The van der Waals surface area contributed by atoms with Crippen LogP contribution in [0.4, 0.5) is 0 Å². The molecule has 1 atom stereocenters. The molecule has 0 aromatic heterocycles. The highest BCUT2D eigenvalue weighted by atomic mass is 16.5. The summed E-state index contributed by atoms with van der Waals surface area (Å²) in [4.78, 5) is 10.6. The Labute approximate surface area is 88.1 Å². The van der Waals surface area contributed by atoms with Crippen molar-refractivity contribution in [1.29, 1.82) is 0 Å². The van der Waals surface area contributed by atoms with E-state index in [1.165, 1.54) is 0 Å². The van der Waals surface area contributed by atoms with E-state index in [2.05, 4.69) is 0 Å². The van der Waals surface area contributed by atoms with Crippen LogP contribution in [0.2, 0.25) is 0 Å². The van der Waals surface area contributed by atoms with E-state index in [1.54, 1.807) is 25.3 Å². The summed E-state index contributed by atoms with van der Waals surface area (Å²) in [5.41, 5.74) is 1.26. The van der Waals surface area contributed by atoms with Gasteiger partial charge in [-0.2, -0.15) is 0 Å². The quantitative estimate of drug-likeness (QED) is 0.787. The lowest BCUT2D eigenvalue weighted by atomic mass is 10.0. The molecule has 1 aromatic carbocycles. The Kier molecular flexibility index (Phi) is 3.68. The number of methoxy groups -OCH3 is 1. The molecule has 0 aliphatic rings. The van der Waals surface area contributed by atoms with E-state index < -0.39 is 12.1 Å². The molecule has 82 valence electrons. The number of benzene rings is 1. The molecule has 0 amide bonds. The number of aliphatic hydroxyl groups excluding tert-OH is 1. The smallest absolute Gasteiger partial charge is 0.337 e. The summed E-state index contributed by atoms with van der Waals surface area (Å²) in [5, 5.41) is 18.0. The molecule has 1 rings (SSSR count). The molecule has 4 heteroatoms. The highest BCUT2D eigenvalue weighted by molar-refractivity contribution is 5.74. The second-order valence-electron chi connectivity index (χ2n) is 3.17. The molecule has 0 saturated heterocycles. The van der Waals surface area contributed by atoms with Crippen LogP contribution in [0.1, 0.15) is 24.2 Å². The molecule has 0 fully saturated rings. The first-order chi connectivity index (χ1) is 7.10. The van der Waals surface area contributed by atoms with E-state index in [0.29, 0.717) is 11.3 Å². The predicted molar refractivity (Wildman–Crippen MR) is 55.0 cm³/mol. The Morgan fingerprint density at radius 3 is 2.67 bits per heavy atom. The van der Waals surface area contributed by atoms with Gasteiger partial charge in [-0.3, -0.25) is 0 Å². The van der Waals surface area contributed by atoms with Crippen molar-refractivity contribution >= 4 is 5.97 Å². The summed E-state index contributed by atoms with van der Waals surface area (Å²) in [5.74, 6) is -0.541. The molecule has 2 N–H and O–H groups in total. The zero-order chi connectivity index (χ0) is 11.4. The van der Waals surface area contributed by atoms with Gasteiger partial charge in [0.25, 0.3) is 0 Å². The minimum absolute atomic E-state index is 0.375. The van der Waals surface area contributed by atoms with Gasteiger partial charge in [-0.15, -0.1) is 0 Å². The highest BCUT2D eigenvalue weighted by Crippen LogP contribution is 2.23. The summed E-state index contributed by atoms with van der Waals surface area (Å²) in [7, 11) is 1.56. The molecule has 0 radical (unpaired) electrons. The molecular weight excluding hydrogens is 196 g/mol.